The van der Waals surface area contributed by atoms with E-state index in [-0.39, 0.29) is 0 Å². The Kier molecular flexibility index (Phi) is 0.592. The van der Waals surface area contributed by atoms with Crippen molar-refractivity contribution in [2.75, 3.05) is 0 Å². The fourth-order valence-corrected chi connectivity index (χ4v) is 1.36. The zero-order chi connectivity index (χ0) is 6.55. The Labute approximate surface area is 58.4 Å². The Hall–Kier alpha value is -1.18. The van der Waals surface area contributed by atoms with Gasteiger partial charge in [0.1, 0.15) is 5.76 Å². The molecule has 2 nitrogen and oxygen atoms in total. The predicted molar refractivity (Wildman–Crippen MR) is 34.6 cm³/mol. The Bertz CT molecular complexity index is 294. The van der Waals surface area contributed by atoms with Gasteiger partial charge in [-0.25, -0.2) is 0 Å². The van der Waals surface area contributed by atoms with Crippen molar-refractivity contribution in [1.29, 1.82) is 0 Å². The van der Waals surface area contributed by atoms with E-state index < -0.39 is 0 Å². The third-order valence-electron chi connectivity index (χ3n) is 1.93. The second-order valence-electron chi connectivity index (χ2n) is 2.63. The van der Waals surface area contributed by atoms with Crippen molar-refractivity contribution < 1.29 is 9.47 Å². The summed E-state index contributed by atoms with van der Waals surface area (Å²) in [6, 6.07) is 0. The lowest BCUT2D eigenvalue weighted by molar-refractivity contribution is 0.230. The Balaban J connectivity index is 2.11. The van der Waals surface area contributed by atoms with E-state index in [9.17, 15) is 0 Å². The monoisotopic (exact) mass is 134 g/mol. The van der Waals surface area contributed by atoms with E-state index in [0.717, 1.165) is 24.4 Å². The maximum absolute atomic E-state index is 5.33. The maximum Gasteiger partial charge on any atom is 0.335 e. The Morgan fingerprint density at radius 1 is 1.30 bits per heavy atom. The van der Waals surface area contributed by atoms with Gasteiger partial charge in [-0.2, -0.15) is 0 Å². The molecule has 3 rings (SSSR count). The average Bonchev–Trinajstić information content (AvgIpc) is 2.52. The molecule has 2 aliphatic heterocycles. The molecule has 2 heteroatoms. The first-order valence-electron chi connectivity index (χ1n) is 3.44. The highest BCUT2D eigenvalue weighted by Gasteiger charge is 2.34. The van der Waals surface area contributed by atoms with Gasteiger partial charge in [-0.3, -0.25) is 0 Å². The minimum atomic E-state index is 0.705. The molecule has 10 heavy (non-hydrogen) atoms. The number of rotatable bonds is 0. The molecule has 1 aliphatic carbocycles. The summed E-state index contributed by atoms with van der Waals surface area (Å²) in [5.41, 5.74) is 1.29. The molecular formula is C8H6O2. The number of hydrogen-bond donors (Lipinski definition) is 0. The van der Waals surface area contributed by atoms with Gasteiger partial charge in [0.2, 0.25) is 5.76 Å². The summed E-state index contributed by atoms with van der Waals surface area (Å²) in [5.74, 6) is 2.64. The zero-order valence-corrected chi connectivity index (χ0v) is 5.39. The number of allylic oxidation sites excluding steroid dienone is 3. The molecule has 0 atom stereocenters. The summed E-state index contributed by atoms with van der Waals surface area (Å²) in [7, 11) is 0. The highest BCUT2D eigenvalue weighted by molar-refractivity contribution is 5.44. The van der Waals surface area contributed by atoms with Gasteiger partial charge >= 0.3 is 5.95 Å². The van der Waals surface area contributed by atoms with Crippen LogP contribution in [0.5, 0.6) is 0 Å². The summed E-state index contributed by atoms with van der Waals surface area (Å²) >= 11 is 0. The van der Waals surface area contributed by atoms with Crippen LogP contribution in [-0.4, -0.2) is 0 Å². The second kappa shape index (κ2) is 1.29. The van der Waals surface area contributed by atoms with Crippen molar-refractivity contribution in [2.24, 2.45) is 0 Å². The summed E-state index contributed by atoms with van der Waals surface area (Å²) in [4.78, 5) is 0. The van der Waals surface area contributed by atoms with Crippen LogP contribution in [0.4, 0.5) is 0 Å². The minimum absolute atomic E-state index is 0.705. The summed E-state index contributed by atoms with van der Waals surface area (Å²) in [6.07, 6.45) is 6.40. The first kappa shape index (κ1) is 4.61. The molecule has 0 aromatic carbocycles. The van der Waals surface area contributed by atoms with Gasteiger partial charge in [-0.1, -0.05) is 0 Å². The molecule has 0 amide bonds. The smallest absolute Gasteiger partial charge is 0.335 e. The van der Waals surface area contributed by atoms with Crippen LogP contribution in [0.1, 0.15) is 12.8 Å². The van der Waals surface area contributed by atoms with E-state index in [1.54, 1.807) is 0 Å². The lowest BCUT2D eigenvalue weighted by atomic mass is 10.2. The Morgan fingerprint density at radius 3 is 3.30 bits per heavy atom. The quantitative estimate of drug-likeness (QED) is 0.504. The minimum Gasteiger partial charge on any atom is -0.423 e. The van der Waals surface area contributed by atoms with Crippen molar-refractivity contribution >= 4 is 0 Å². The van der Waals surface area contributed by atoms with Gasteiger partial charge in [0.15, 0.2) is 0 Å². The van der Waals surface area contributed by atoms with Crippen LogP contribution in [0.2, 0.25) is 0 Å². The molecule has 0 aromatic heterocycles. The molecule has 0 saturated carbocycles. The van der Waals surface area contributed by atoms with Crippen LogP contribution < -0.4 is 0 Å². The zero-order valence-electron chi connectivity index (χ0n) is 5.39. The van der Waals surface area contributed by atoms with Gasteiger partial charge in [-0.05, 0) is 30.6 Å². The topological polar surface area (TPSA) is 21.8 Å². The third kappa shape index (κ3) is 0.444. The molecule has 0 N–H and O–H groups in total. The molecule has 0 spiro atoms. The van der Waals surface area contributed by atoms with Gasteiger partial charge in [0.25, 0.3) is 0 Å². The lowest BCUT2D eigenvalue weighted by Crippen LogP contribution is -1.88. The SMILES string of the molecule is C1=C2CCC=C2OC2=C1O2. The molecule has 0 aromatic rings. The van der Waals surface area contributed by atoms with E-state index in [2.05, 4.69) is 12.2 Å². The molecule has 0 bridgehead atoms. The van der Waals surface area contributed by atoms with Crippen molar-refractivity contribution in [2.45, 2.75) is 12.8 Å². The van der Waals surface area contributed by atoms with E-state index in [1.165, 1.54) is 5.57 Å². The largest absolute Gasteiger partial charge is 0.423 e. The summed E-state index contributed by atoms with van der Waals surface area (Å²) < 4.78 is 10.3. The van der Waals surface area contributed by atoms with Crippen LogP contribution in [0, 0.1) is 0 Å². The van der Waals surface area contributed by atoms with E-state index >= 15 is 0 Å². The predicted octanol–water partition coefficient (Wildman–Crippen LogP) is 1.82. The van der Waals surface area contributed by atoms with Crippen LogP contribution in [-0.2, 0) is 9.47 Å². The van der Waals surface area contributed by atoms with Crippen molar-refractivity contribution in [3.8, 4) is 0 Å². The van der Waals surface area contributed by atoms with E-state index in [1.807, 2.05) is 0 Å². The molecular weight excluding hydrogens is 128 g/mol. The van der Waals surface area contributed by atoms with Gasteiger partial charge in [-0.15, -0.1) is 0 Å². The fraction of sp³-hybridized carbons (Fsp3) is 0.250. The number of hydrogen-bond acceptors (Lipinski definition) is 2. The molecule has 0 saturated heterocycles. The fourth-order valence-electron chi connectivity index (χ4n) is 1.36. The lowest BCUT2D eigenvalue weighted by Gasteiger charge is -2.01. The van der Waals surface area contributed by atoms with E-state index in [4.69, 9.17) is 9.47 Å². The summed E-state index contributed by atoms with van der Waals surface area (Å²) in [6.45, 7) is 0. The average molecular weight is 134 g/mol. The molecule has 2 heterocycles. The van der Waals surface area contributed by atoms with Gasteiger partial charge in [0, 0.05) is 0 Å². The summed E-state index contributed by atoms with van der Waals surface area (Å²) in [5, 5.41) is 0. The van der Waals surface area contributed by atoms with Crippen LogP contribution >= 0.6 is 0 Å². The molecule has 0 unspecified atom stereocenters. The second-order valence-corrected chi connectivity index (χ2v) is 2.63. The van der Waals surface area contributed by atoms with Crippen LogP contribution in [0.15, 0.2) is 35.2 Å². The molecule has 0 fully saturated rings. The first-order valence-corrected chi connectivity index (χ1v) is 3.44. The van der Waals surface area contributed by atoms with Gasteiger partial charge in [0.05, 0.1) is 0 Å². The molecule has 50 valence electrons. The van der Waals surface area contributed by atoms with Gasteiger partial charge < -0.3 is 9.47 Å². The van der Waals surface area contributed by atoms with Crippen molar-refractivity contribution in [1.82, 2.24) is 0 Å². The maximum atomic E-state index is 5.33. The number of ether oxygens (including phenoxy) is 2. The van der Waals surface area contributed by atoms with Crippen molar-refractivity contribution in [3.63, 3.8) is 0 Å². The normalized spacial score (nSPS) is 25.6. The Morgan fingerprint density at radius 2 is 2.30 bits per heavy atom. The standard InChI is InChI=1S/C8H6O2/c1-2-5-4-7-8(10-7)9-6(5)3-1/h3-4H,1-2H2. The third-order valence-corrected chi connectivity index (χ3v) is 1.93. The van der Waals surface area contributed by atoms with Crippen LogP contribution in [0.3, 0.4) is 0 Å². The van der Waals surface area contributed by atoms with Crippen LogP contribution in [0.25, 0.3) is 0 Å². The molecule has 3 aliphatic rings. The first-order chi connectivity index (χ1) is 4.93. The highest BCUT2D eigenvalue weighted by Crippen LogP contribution is 2.42. The van der Waals surface area contributed by atoms with E-state index in [0.29, 0.717) is 5.95 Å². The highest BCUT2D eigenvalue weighted by atomic mass is 16.7. The number of fused-ring (bicyclic) bond motifs is 1. The van der Waals surface area contributed by atoms with Crippen molar-refractivity contribution in [3.05, 3.63) is 35.2 Å². The molecule has 0 radical (unpaired) electrons.